The predicted octanol–water partition coefficient (Wildman–Crippen LogP) is 3.54. The molecule has 0 N–H and O–H groups in total. The van der Waals surface area contributed by atoms with Crippen molar-refractivity contribution in [3.63, 3.8) is 0 Å². The van der Waals surface area contributed by atoms with E-state index >= 15 is 0 Å². The van der Waals surface area contributed by atoms with Gasteiger partial charge in [-0.25, -0.2) is 4.39 Å². The number of hydrogen-bond acceptors (Lipinski definition) is 1. The van der Waals surface area contributed by atoms with Crippen molar-refractivity contribution in [2.75, 3.05) is 0 Å². The van der Waals surface area contributed by atoms with E-state index in [4.69, 9.17) is 0 Å². The number of halogens is 1. The first-order valence-electron chi connectivity index (χ1n) is 5.64. The van der Waals surface area contributed by atoms with E-state index in [1.165, 1.54) is 6.07 Å². The molecule has 0 unspecified atom stereocenters. The number of hydrogen-bond donors (Lipinski definition) is 0. The lowest BCUT2D eigenvalue weighted by atomic mass is 9.93. The predicted molar refractivity (Wildman–Crippen MR) is 63.6 cm³/mol. The Balaban J connectivity index is 2.14. The quantitative estimate of drug-likeness (QED) is 0.726. The Bertz CT molecular complexity index is 575. The van der Waals surface area contributed by atoms with E-state index in [0.29, 0.717) is 6.42 Å². The zero-order valence-electron chi connectivity index (χ0n) is 9.19. The van der Waals surface area contributed by atoms with Crippen molar-refractivity contribution < 1.29 is 9.18 Å². The molecule has 1 nitrogen and oxygen atoms in total. The number of fused-ring (bicyclic) bond motifs is 1. The van der Waals surface area contributed by atoms with E-state index in [2.05, 4.69) is 0 Å². The molecule has 0 fully saturated rings. The van der Waals surface area contributed by atoms with E-state index in [1.807, 2.05) is 36.4 Å². The van der Waals surface area contributed by atoms with Crippen LogP contribution in [0.15, 0.2) is 48.5 Å². The van der Waals surface area contributed by atoms with Crippen molar-refractivity contribution in [2.24, 2.45) is 0 Å². The molecule has 0 heterocycles. The molecule has 2 aromatic carbocycles. The van der Waals surface area contributed by atoms with Gasteiger partial charge in [-0.15, -0.1) is 0 Å². The van der Waals surface area contributed by atoms with E-state index < -0.39 is 5.82 Å². The van der Waals surface area contributed by atoms with Gasteiger partial charge in [0, 0.05) is 12.3 Å². The Kier molecular flexibility index (Phi) is 2.29. The van der Waals surface area contributed by atoms with Crippen molar-refractivity contribution >= 4 is 5.78 Å². The Hall–Kier alpha value is -1.96. The van der Waals surface area contributed by atoms with Crippen LogP contribution in [0.4, 0.5) is 4.39 Å². The summed E-state index contributed by atoms with van der Waals surface area (Å²) in [4.78, 5) is 11.8. The van der Waals surface area contributed by atoms with Gasteiger partial charge in [-0.05, 0) is 17.2 Å². The van der Waals surface area contributed by atoms with Crippen molar-refractivity contribution in [1.29, 1.82) is 0 Å². The summed E-state index contributed by atoms with van der Waals surface area (Å²) in [5.41, 5.74) is 2.17. The summed E-state index contributed by atoms with van der Waals surface area (Å²) in [5.74, 6) is -0.479. The molecular weight excluding hydrogens is 215 g/mol. The van der Waals surface area contributed by atoms with E-state index in [9.17, 15) is 9.18 Å². The topological polar surface area (TPSA) is 17.1 Å². The smallest absolute Gasteiger partial charge is 0.167 e. The average Bonchev–Trinajstić information content (AvgIpc) is 2.69. The molecule has 0 saturated heterocycles. The lowest BCUT2D eigenvalue weighted by Crippen LogP contribution is -1.96. The number of rotatable bonds is 1. The molecule has 0 amide bonds. The first-order valence-corrected chi connectivity index (χ1v) is 5.64. The van der Waals surface area contributed by atoms with Gasteiger partial charge in [0.25, 0.3) is 0 Å². The van der Waals surface area contributed by atoms with Gasteiger partial charge in [-0.2, -0.15) is 0 Å². The highest BCUT2D eigenvalue weighted by Gasteiger charge is 2.32. The number of ketones is 1. The zero-order chi connectivity index (χ0) is 11.8. The van der Waals surface area contributed by atoms with Crippen LogP contribution in [0.1, 0.15) is 33.8 Å². The van der Waals surface area contributed by atoms with Crippen LogP contribution in [-0.4, -0.2) is 5.78 Å². The Labute approximate surface area is 98.9 Å². The standard InChI is InChI=1S/C15H11FO/c16-13-8-4-7-11-12(9-14(17)15(11)13)10-5-2-1-3-6-10/h1-8,12H,9H2/t12-/m1/s1. The molecule has 0 spiro atoms. The lowest BCUT2D eigenvalue weighted by Gasteiger charge is -2.10. The van der Waals surface area contributed by atoms with E-state index in [-0.39, 0.29) is 17.3 Å². The monoisotopic (exact) mass is 226 g/mol. The second kappa shape index (κ2) is 3.81. The first kappa shape index (κ1) is 10.2. The van der Waals surface area contributed by atoms with Crippen LogP contribution in [0.2, 0.25) is 0 Å². The second-order valence-corrected chi connectivity index (χ2v) is 4.29. The Morgan fingerprint density at radius 2 is 1.76 bits per heavy atom. The first-order chi connectivity index (χ1) is 8.27. The number of Topliss-reactive ketones (excluding diaryl/α,β-unsaturated/α-hetero) is 1. The van der Waals surface area contributed by atoms with Crippen LogP contribution in [0.3, 0.4) is 0 Å². The highest BCUT2D eigenvalue weighted by molar-refractivity contribution is 6.02. The largest absolute Gasteiger partial charge is 0.294 e. The van der Waals surface area contributed by atoms with Gasteiger partial charge in [0.15, 0.2) is 5.78 Å². The molecule has 0 aliphatic heterocycles. The maximum atomic E-state index is 13.6. The van der Waals surface area contributed by atoms with Gasteiger partial charge in [-0.3, -0.25) is 4.79 Å². The molecule has 0 aromatic heterocycles. The summed E-state index contributed by atoms with van der Waals surface area (Å²) in [7, 11) is 0. The summed E-state index contributed by atoms with van der Waals surface area (Å²) in [6.45, 7) is 0. The molecule has 2 heteroatoms. The maximum Gasteiger partial charge on any atom is 0.167 e. The second-order valence-electron chi connectivity index (χ2n) is 4.29. The van der Waals surface area contributed by atoms with Crippen molar-refractivity contribution in [3.05, 3.63) is 71.0 Å². The molecule has 0 saturated carbocycles. The number of carbonyl (C=O) groups excluding carboxylic acids is 1. The van der Waals surface area contributed by atoms with Crippen LogP contribution in [0.5, 0.6) is 0 Å². The van der Waals surface area contributed by atoms with Gasteiger partial charge in [0.05, 0.1) is 5.56 Å². The molecule has 17 heavy (non-hydrogen) atoms. The Morgan fingerprint density at radius 1 is 1.00 bits per heavy atom. The van der Waals surface area contributed by atoms with Gasteiger partial charge < -0.3 is 0 Å². The number of benzene rings is 2. The fourth-order valence-electron chi connectivity index (χ4n) is 2.51. The average molecular weight is 226 g/mol. The minimum atomic E-state index is -0.397. The van der Waals surface area contributed by atoms with Gasteiger partial charge in [0.1, 0.15) is 5.82 Å². The van der Waals surface area contributed by atoms with Gasteiger partial charge in [-0.1, -0.05) is 42.5 Å². The summed E-state index contributed by atoms with van der Waals surface area (Å²) in [6.07, 6.45) is 0.375. The van der Waals surface area contributed by atoms with Gasteiger partial charge in [0.2, 0.25) is 0 Å². The highest BCUT2D eigenvalue weighted by atomic mass is 19.1. The third kappa shape index (κ3) is 1.57. The summed E-state index contributed by atoms with van der Waals surface area (Å²) in [6, 6.07) is 14.7. The van der Waals surface area contributed by atoms with Gasteiger partial charge >= 0.3 is 0 Å². The molecule has 1 aliphatic carbocycles. The fourth-order valence-corrected chi connectivity index (χ4v) is 2.51. The SMILES string of the molecule is O=C1C[C@H](c2ccccc2)c2cccc(F)c21. The lowest BCUT2D eigenvalue weighted by molar-refractivity contribution is 0.0988. The third-order valence-corrected chi connectivity index (χ3v) is 3.29. The minimum absolute atomic E-state index is 0.00870. The molecule has 84 valence electrons. The zero-order valence-corrected chi connectivity index (χ0v) is 9.19. The number of carbonyl (C=O) groups is 1. The van der Waals surface area contributed by atoms with Crippen LogP contribution in [-0.2, 0) is 0 Å². The van der Waals surface area contributed by atoms with E-state index in [0.717, 1.165) is 11.1 Å². The minimum Gasteiger partial charge on any atom is -0.294 e. The fraction of sp³-hybridized carbons (Fsp3) is 0.133. The van der Waals surface area contributed by atoms with Crippen molar-refractivity contribution in [2.45, 2.75) is 12.3 Å². The van der Waals surface area contributed by atoms with Crippen molar-refractivity contribution in [1.82, 2.24) is 0 Å². The molecule has 2 aromatic rings. The summed E-state index contributed by atoms with van der Waals surface area (Å²) in [5, 5.41) is 0. The molecular formula is C15H11FO. The Morgan fingerprint density at radius 3 is 2.53 bits per heavy atom. The summed E-state index contributed by atoms with van der Waals surface area (Å²) >= 11 is 0. The van der Waals surface area contributed by atoms with Crippen molar-refractivity contribution in [3.8, 4) is 0 Å². The van der Waals surface area contributed by atoms with Crippen LogP contribution < -0.4 is 0 Å². The maximum absolute atomic E-state index is 13.6. The molecule has 1 atom stereocenters. The normalized spacial score (nSPS) is 18.2. The molecule has 3 rings (SSSR count). The third-order valence-electron chi connectivity index (χ3n) is 3.29. The van der Waals surface area contributed by atoms with E-state index in [1.54, 1.807) is 6.07 Å². The van der Waals surface area contributed by atoms with Crippen LogP contribution >= 0.6 is 0 Å². The van der Waals surface area contributed by atoms with Crippen LogP contribution in [0, 0.1) is 5.82 Å². The molecule has 0 bridgehead atoms. The van der Waals surface area contributed by atoms with Crippen LogP contribution in [0.25, 0.3) is 0 Å². The molecule has 0 radical (unpaired) electrons. The summed E-state index contributed by atoms with van der Waals surface area (Å²) < 4.78 is 13.6. The molecule has 1 aliphatic rings. The highest BCUT2D eigenvalue weighted by Crippen LogP contribution is 2.38.